The first-order chi connectivity index (χ1) is 15.0. The molecule has 0 atom stereocenters. The summed E-state index contributed by atoms with van der Waals surface area (Å²) in [6.07, 6.45) is 0.745. The molecular formula is C21H22ClN3O5S. The summed E-state index contributed by atoms with van der Waals surface area (Å²) in [5.74, 6) is 0.102. The number of rotatable bonds is 9. The fourth-order valence-corrected chi connectivity index (χ4v) is 4.02. The third-order valence-corrected chi connectivity index (χ3v) is 5.47. The quantitative estimate of drug-likeness (QED) is 0.380. The van der Waals surface area contributed by atoms with Gasteiger partial charge in [-0.2, -0.15) is 9.78 Å². The number of halogens is 1. The van der Waals surface area contributed by atoms with E-state index < -0.39 is 11.5 Å². The second kappa shape index (κ2) is 10.4. The lowest BCUT2D eigenvalue weighted by Gasteiger charge is -2.10. The Labute approximate surface area is 187 Å². The SMILES string of the molecule is CCOC(=O)c1nn(-c2ccc(OCC)cc2)c(=O)c2c(NC(=O)CCCCl)scc12. The number of carbonyl (C=O) groups is 2. The van der Waals surface area contributed by atoms with Crippen LogP contribution in [0.5, 0.6) is 5.75 Å². The van der Waals surface area contributed by atoms with Gasteiger partial charge in [-0.05, 0) is 44.5 Å². The summed E-state index contributed by atoms with van der Waals surface area (Å²) in [5.41, 5.74) is -0.00420. The zero-order valence-electron chi connectivity index (χ0n) is 17.1. The van der Waals surface area contributed by atoms with Gasteiger partial charge in [0, 0.05) is 23.1 Å². The van der Waals surface area contributed by atoms with E-state index >= 15 is 0 Å². The number of aromatic nitrogens is 2. The molecule has 164 valence electrons. The predicted molar refractivity (Wildman–Crippen MR) is 121 cm³/mol. The van der Waals surface area contributed by atoms with E-state index in [0.29, 0.717) is 40.7 Å². The Bertz CT molecular complexity index is 1140. The molecule has 0 saturated carbocycles. The molecule has 10 heteroatoms. The van der Waals surface area contributed by atoms with Crippen molar-refractivity contribution in [1.82, 2.24) is 9.78 Å². The summed E-state index contributed by atoms with van der Waals surface area (Å²) in [6, 6.07) is 6.77. The maximum Gasteiger partial charge on any atom is 0.359 e. The summed E-state index contributed by atoms with van der Waals surface area (Å²) in [6.45, 7) is 4.24. The number of fused-ring (bicyclic) bond motifs is 1. The summed E-state index contributed by atoms with van der Waals surface area (Å²) >= 11 is 6.81. The van der Waals surface area contributed by atoms with E-state index in [9.17, 15) is 14.4 Å². The van der Waals surface area contributed by atoms with Crippen molar-refractivity contribution in [3.63, 3.8) is 0 Å². The highest BCUT2D eigenvalue weighted by atomic mass is 35.5. The predicted octanol–water partition coefficient (Wildman–Crippen LogP) is 3.98. The number of thiophene rings is 1. The van der Waals surface area contributed by atoms with Gasteiger partial charge in [-0.25, -0.2) is 4.79 Å². The van der Waals surface area contributed by atoms with Crippen molar-refractivity contribution in [3.8, 4) is 11.4 Å². The number of carbonyl (C=O) groups excluding carboxylic acids is 2. The highest BCUT2D eigenvalue weighted by Crippen LogP contribution is 2.31. The molecule has 0 fully saturated rings. The van der Waals surface area contributed by atoms with Crippen molar-refractivity contribution in [3.05, 3.63) is 45.7 Å². The molecule has 0 bridgehead atoms. The number of amides is 1. The number of nitrogens with one attached hydrogen (secondary N) is 1. The minimum absolute atomic E-state index is 0.00263. The Hall–Kier alpha value is -2.91. The van der Waals surface area contributed by atoms with Crippen LogP contribution >= 0.6 is 22.9 Å². The van der Waals surface area contributed by atoms with Crippen molar-refractivity contribution >= 4 is 50.6 Å². The normalized spacial score (nSPS) is 10.8. The molecule has 1 amide bonds. The van der Waals surface area contributed by atoms with Crippen LogP contribution in [0, 0.1) is 0 Å². The number of benzene rings is 1. The third kappa shape index (κ3) is 5.05. The maximum atomic E-state index is 13.3. The first kappa shape index (κ1) is 22.8. The lowest BCUT2D eigenvalue weighted by molar-refractivity contribution is -0.116. The maximum absolute atomic E-state index is 13.3. The summed E-state index contributed by atoms with van der Waals surface area (Å²) < 4.78 is 11.7. The largest absolute Gasteiger partial charge is 0.494 e. The number of esters is 1. The molecule has 8 nitrogen and oxygen atoms in total. The van der Waals surface area contributed by atoms with Crippen LogP contribution in [0.1, 0.15) is 37.2 Å². The Morgan fingerprint density at radius 1 is 1.19 bits per heavy atom. The van der Waals surface area contributed by atoms with Gasteiger partial charge in [-0.3, -0.25) is 9.59 Å². The molecule has 2 aromatic heterocycles. The van der Waals surface area contributed by atoms with Crippen LogP contribution in [0.15, 0.2) is 34.4 Å². The molecule has 3 aromatic rings. The van der Waals surface area contributed by atoms with E-state index in [1.54, 1.807) is 36.6 Å². The van der Waals surface area contributed by atoms with Crippen molar-refractivity contribution in [2.75, 3.05) is 24.4 Å². The molecule has 1 aromatic carbocycles. The van der Waals surface area contributed by atoms with Crippen LogP contribution in [-0.4, -0.2) is 40.8 Å². The summed E-state index contributed by atoms with van der Waals surface area (Å²) in [4.78, 5) is 38.1. The minimum Gasteiger partial charge on any atom is -0.494 e. The monoisotopic (exact) mass is 463 g/mol. The molecule has 0 unspecified atom stereocenters. The number of ether oxygens (including phenoxy) is 2. The number of hydrogen-bond donors (Lipinski definition) is 1. The van der Waals surface area contributed by atoms with Gasteiger partial charge in [0.15, 0.2) is 5.69 Å². The van der Waals surface area contributed by atoms with Crippen molar-refractivity contribution in [2.24, 2.45) is 0 Å². The van der Waals surface area contributed by atoms with Gasteiger partial charge in [0.25, 0.3) is 5.56 Å². The highest BCUT2D eigenvalue weighted by Gasteiger charge is 2.23. The van der Waals surface area contributed by atoms with E-state index in [4.69, 9.17) is 21.1 Å². The smallest absolute Gasteiger partial charge is 0.359 e. The molecule has 2 heterocycles. The van der Waals surface area contributed by atoms with Gasteiger partial charge in [0.1, 0.15) is 10.8 Å². The number of alkyl halides is 1. The van der Waals surface area contributed by atoms with Crippen molar-refractivity contribution in [1.29, 1.82) is 0 Å². The average molecular weight is 464 g/mol. The molecule has 0 spiro atoms. The van der Waals surface area contributed by atoms with Crippen LogP contribution < -0.4 is 15.6 Å². The highest BCUT2D eigenvalue weighted by molar-refractivity contribution is 7.16. The number of nitrogens with zero attached hydrogens (tertiary/aromatic N) is 2. The molecule has 1 N–H and O–H groups in total. The molecule has 3 rings (SSSR count). The summed E-state index contributed by atoms with van der Waals surface area (Å²) in [7, 11) is 0. The van der Waals surface area contributed by atoms with Crippen molar-refractivity contribution < 1.29 is 19.1 Å². The third-order valence-electron chi connectivity index (χ3n) is 4.30. The zero-order valence-corrected chi connectivity index (χ0v) is 18.7. The van der Waals surface area contributed by atoms with E-state index in [1.807, 2.05) is 6.92 Å². The van der Waals surface area contributed by atoms with Crippen LogP contribution in [0.4, 0.5) is 5.00 Å². The Balaban J connectivity index is 2.14. The number of hydrogen-bond acceptors (Lipinski definition) is 7. The second-order valence-corrected chi connectivity index (χ2v) is 7.66. The molecule has 31 heavy (non-hydrogen) atoms. The molecule has 0 aliphatic heterocycles. The minimum atomic E-state index is -0.648. The van der Waals surface area contributed by atoms with E-state index in [0.717, 1.165) is 16.0 Å². The van der Waals surface area contributed by atoms with Gasteiger partial charge < -0.3 is 14.8 Å². The van der Waals surface area contributed by atoms with E-state index in [2.05, 4.69) is 10.4 Å². The van der Waals surface area contributed by atoms with Gasteiger partial charge in [0.2, 0.25) is 5.91 Å². The van der Waals surface area contributed by atoms with Gasteiger partial charge in [-0.1, -0.05) is 0 Å². The summed E-state index contributed by atoms with van der Waals surface area (Å²) in [5, 5.41) is 9.54. The van der Waals surface area contributed by atoms with Crippen LogP contribution in [0.3, 0.4) is 0 Å². The molecule has 0 saturated heterocycles. The van der Waals surface area contributed by atoms with Crippen molar-refractivity contribution in [2.45, 2.75) is 26.7 Å². The van der Waals surface area contributed by atoms with Gasteiger partial charge >= 0.3 is 5.97 Å². The first-order valence-electron chi connectivity index (χ1n) is 9.80. The van der Waals surface area contributed by atoms with E-state index in [-0.39, 0.29) is 30.0 Å². The topological polar surface area (TPSA) is 99.5 Å². The Morgan fingerprint density at radius 2 is 1.94 bits per heavy atom. The standard InChI is InChI=1S/C21H22ClN3O5S/c1-3-29-14-9-7-13(8-10-14)25-20(27)17-15(18(24-25)21(28)30-4-2)12-31-19(17)23-16(26)6-5-11-22/h7-10,12H,3-6,11H2,1-2H3,(H,23,26). The van der Waals surface area contributed by atoms with Gasteiger partial charge in [-0.15, -0.1) is 22.9 Å². The second-order valence-electron chi connectivity index (χ2n) is 6.41. The molecule has 0 aliphatic carbocycles. The fraction of sp³-hybridized carbons (Fsp3) is 0.333. The van der Waals surface area contributed by atoms with Gasteiger partial charge in [0.05, 0.1) is 24.3 Å². The average Bonchev–Trinajstić information content (AvgIpc) is 3.17. The molecule has 0 aliphatic rings. The van der Waals surface area contributed by atoms with E-state index in [1.165, 1.54) is 0 Å². The van der Waals surface area contributed by atoms with Crippen LogP contribution in [0.2, 0.25) is 0 Å². The Morgan fingerprint density at radius 3 is 2.58 bits per heavy atom. The molecular weight excluding hydrogens is 442 g/mol. The fourth-order valence-electron chi connectivity index (χ4n) is 2.93. The Kier molecular flexibility index (Phi) is 7.64. The lowest BCUT2D eigenvalue weighted by atomic mass is 10.2. The lowest BCUT2D eigenvalue weighted by Crippen LogP contribution is -2.25. The van der Waals surface area contributed by atoms with Crippen LogP contribution in [0.25, 0.3) is 16.5 Å². The van der Waals surface area contributed by atoms with Crippen LogP contribution in [-0.2, 0) is 9.53 Å². The first-order valence-corrected chi connectivity index (χ1v) is 11.2. The zero-order chi connectivity index (χ0) is 22.4. The molecule has 0 radical (unpaired) electrons. The number of anilines is 1.